The third-order valence-corrected chi connectivity index (χ3v) is 4.03. The SMILES string of the molecule is Cc1nc2cccc(Br)c2cc1Cc1ccccc1. The number of aryl methyl sites for hydroxylation is 1. The van der Waals surface area contributed by atoms with Crippen LogP contribution in [0.3, 0.4) is 0 Å². The highest BCUT2D eigenvalue weighted by Crippen LogP contribution is 2.25. The molecule has 94 valence electrons. The lowest BCUT2D eigenvalue weighted by molar-refractivity contribution is 1.10. The summed E-state index contributed by atoms with van der Waals surface area (Å²) >= 11 is 3.60. The number of benzene rings is 2. The van der Waals surface area contributed by atoms with Crippen LogP contribution in [-0.2, 0) is 6.42 Å². The van der Waals surface area contributed by atoms with E-state index in [0.29, 0.717) is 0 Å². The highest BCUT2D eigenvalue weighted by molar-refractivity contribution is 9.10. The third-order valence-electron chi connectivity index (χ3n) is 3.34. The Morgan fingerprint density at radius 3 is 2.58 bits per heavy atom. The molecular weight excluding hydrogens is 298 g/mol. The van der Waals surface area contributed by atoms with E-state index in [1.807, 2.05) is 12.1 Å². The molecule has 0 amide bonds. The summed E-state index contributed by atoms with van der Waals surface area (Å²) in [6.07, 6.45) is 0.928. The zero-order valence-corrected chi connectivity index (χ0v) is 12.3. The number of rotatable bonds is 2. The summed E-state index contributed by atoms with van der Waals surface area (Å²) in [6, 6.07) is 18.9. The van der Waals surface area contributed by atoms with E-state index in [9.17, 15) is 0 Å². The van der Waals surface area contributed by atoms with E-state index in [1.165, 1.54) is 16.5 Å². The molecule has 1 heterocycles. The number of pyridine rings is 1. The zero-order valence-electron chi connectivity index (χ0n) is 10.7. The molecule has 0 N–H and O–H groups in total. The first-order chi connectivity index (χ1) is 9.24. The standard InChI is InChI=1S/C17H14BrN/c1-12-14(10-13-6-3-2-4-7-13)11-15-16(18)8-5-9-17(15)19-12/h2-9,11H,10H2,1H3. The van der Waals surface area contributed by atoms with Gasteiger partial charge < -0.3 is 0 Å². The Morgan fingerprint density at radius 1 is 1.00 bits per heavy atom. The summed E-state index contributed by atoms with van der Waals surface area (Å²) in [4.78, 5) is 4.70. The van der Waals surface area contributed by atoms with Crippen LogP contribution in [-0.4, -0.2) is 4.98 Å². The van der Waals surface area contributed by atoms with Gasteiger partial charge in [-0.3, -0.25) is 4.98 Å². The molecule has 0 aliphatic heterocycles. The quantitative estimate of drug-likeness (QED) is 0.656. The lowest BCUT2D eigenvalue weighted by Crippen LogP contribution is -1.95. The van der Waals surface area contributed by atoms with Gasteiger partial charge in [-0.2, -0.15) is 0 Å². The van der Waals surface area contributed by atoms with Crippen molar-refractivity contribution in [1.29, 1.82) is 0 Å². The molecule has 3 aromatic rings. The molecular formula is C17H14BrN. The van der Waals surface area contributed by atoms with Gasteiger partial charge in [0.05, 0.1) is 5.52 Å². The minimum Gasteiger partial charge on any atom is -0.253 e. The van der Waals surface area contributed by atoms with E-state index < -0.39 is 0 Å². The number of aromatic nitrogens is 1. The van der Waals surface area contributed by atoms with Gasteiger partial charge in [-0.25, -0.2) is 0 Å². The molecule has 0 atom stereocenters. The van der Waals surface area contributed by atoms with Crippen LogP contribution in [0.2, 0.25) is 0 Å². The van der Waals surface area contributed by atoms with E-state index in [1.54, 1.807) is 0 Å². The summed E-state index contributed by atoms with van der Waals surface area (Å²) in [5, 5.41) is 1.18. The molecule has 0 aliphatic rings. The first kappa shape index (κ1) is 12.4. The van der Waals surface area contributed by atoms with Crippen LogP contribution in [0.1, 0.15) is 16.8 Å². The van der Waals surface area contributed by atoms with Gasteiger partial charge >= 0.3 is 0 Å². The van der Waals surface area contributed by atoms with Gasteiger partial charge in [-0.1, -0.05) is 52.3 Å². The smallest absolute Gasteiger partial charge is 0.0716 e. The molecule has 0 spiro atoms. The van der Waals surface area contributed by atoms with Crippen LogP contribution >= 0.6 is 15.9 Å². The molecule has 1 aromatic heterocycles. The highest BCUT2D eigenvalue weighted by atomic mass is 79.9. The summed E-state index contributed by atoms with van der Waals surface area (Å²) < 4.78 is 1.10. The highest BCUT2D eigenvalue weighted by Gasteiger charge is 2.06. The molecule has 3 rings (SSSR count). The second-order valence-electron chi connectivity index (χ2n) is 4.70. The van der Waals surface area contributed by atoms with Crippen LogP contribution in [0.5, 0.6) is 0 Å². The van der Waals surface area contributed by atoms with E-state index in [-0.39, 0.29) is 0 Å². The maximum atomic E-state index is 4.70. The Kier molecular flexibility index (Phi) is 3.34. The van der Waals surface area contributed by atoms with E-state index in [0.717, 1.165) is 22.1 Å². The van der Waals surface area contributed by atoms with Gasteiger partial charge in [0.2, 0.25) is 0 Å². The van der Waals surface area contributed by atoms with Crippen LogP contribution in [0.4, 0.5) is 0 Å². The molecule has 2 aromatic carbocycles. The van der Waals surface area contributed by atoms with Crippen LogP contribution in [0.15, 0.2) is 59.1 Å². The molecule has 19 heavy (non-hydrogen) atoms. The summed E-state index contributed by atoms with van der Waals surface area (Å²) in [5.74, 6) is 0. The molecule has 0 saturated heterocycles. The summed E-state index contributed by atoms with van der Waals surface area (Å²) in [7, 11) is 0. The maximum absolute atomic E-state index is 4.70. The van der Waals surface area contributed by atoms with Gasteiger partial charge in [-0.05, 0) is 42.7 Å². The predicted octanol–water partition coefficient (Wildman–Crippen LogP) is 4.90. The Morgan fingerprint density at radius 2 is 1.79 bits per heavy atom. The van der Waals surface area contributed by atoms with Gasteiger partial charge in [-0.15, -0.1) is 0 Å². The van der Waals surface area contributed by atoms with Crippen molar-refractivity contribution < 1.29 is 0 Å². The average molecular weight is 312 g/mol. The van der Waals surface area contributed by atoms with Crippen molar-refractivity contribution in [2.24, 2.45) is 0 Å². The largest absolute Gasteiger partial charge is 0.253 e. The number of fused-ring (bicyclic) bond motifs is 1. The van der Waals surface area contributed by atoms with E-state index >= 15 is 0 Å². The number of nitrogens with zero attached hydrogens (tertiary/aromatic N) is 1. The number of halogens is 1. The van der Waals surface area contributed by atoms with Gasteiger partial charge in [0.1, 0.15) is 0 Å². The fourth-order valence-corrected chi connectivity index (χ4v) is 2.76. The Hall–Kier alpha value is -1.67. The first-order valence-corrected chi connectivity index (χ1v) is 7.12. The van der Waals surface area contributed by atoms with E-state index in [4.69, 9.17) is 4.98 Å². The van der Waals surface area contributed by atoms with Gasteiger partial charge in [0.25, 0.3) is 0 Å². The second kappa shape index (κ2) is 5.14. The fourth-order valence-electron chi connectivity index (χ4n) is 2.29. The zero-order chi connectivity index (χ0) is 13.2. The molecule has 0 radical (unpaired) electrons. The summed E-state index contributed by atoms with van der Waals surface area (Å²) in [5.41, 5.74) is 4.75. The lowest BCUT2D eigenvalue weighted by Gasteiger charge is -2.08. The monoisotopic (exact) mass is 311 g/mol. The Balaban J connectivity index is 2.09. The second-order valence-corrected chi connectivity index (χ2v) is 5.56. The van der Waals surface area contributed by atoms with Crippen molar-refractivity contribution in [2.45, 2.75) is 13.3 Å². The normalized spacial score (nSPS) is 10.8. The van der Waals surface area contributed by atoms with Crippen LogP contribution < -0.4 is 0 Å². The Labute approximate surface area is 121 Å². The van der Waals surface area contributed by atoms with Crippen molar-refractivity contribution in [3.63, 3.8) is 0 Å². The minimum absolute atomic E-state index is 0.928. The first-order valence-electron chi connectivity index (χ1n) is 6.33. The topological polar surface area (TPSA) is 12.9 Å². The average Bonchev–Trinajstić information content (AvgIpc) is 2.42. The Bertz CT molecular complexity index is 720. The lowest BCUT2D eigenvalue weighted by atomic mass is 10.0. The van der Waals surface area contributed by atoms with Crippen molar-refractivity contribution in [3.05, 3.63) is 75.9 Å². The van der Waals surface area contributed by atoms with Gasteiger partial charge in [0.15, 0.2) is 0 Å². The van der Waals surface area contributed by atoms with Gasteiger partial charge in [0, 0.05) is 15.6 Å². The fraction of sp³-hybridized carbons (Fsp3) is 0.118. The minimum atomic E-state index is 0.928. The van der Waals surface area contributed by atoms with Crippen molar-refractivity contribution >= 4 is 26.8 Å². The molecule has 0 saturated carbocycles. The van der Waals surface area contributed by atoms with Crippen molar-refractivity contribution in [2.75, 3.05) is 0 Å². The molecule has 0 unspecified atom stereocenters. The molecule has 1 nitrogen and oxygen atoms in total. The number of hydrogen-bond acceptors (Lipinski definition) is 1. The van der Waals surface area contributed by atoms with Crippen LogP contribution in [0, 0.1) is 6.92 Å². The van der Waals surface area contributed by atoms with E-state index in [2.05, 4.69) is 65.3 Å². The number of hydrogen-bond donors (Lipinski definition) is 0. The maximum Gasteiger partial charge on any atom is 0.0716 e. The third kappa shape index (κ3) is 2.54. The molecule has 0 fully saturated rings. The van der Waals surface area contributed by atoms with Crippen molar-refractivity contribution in [1.82, 2.24) is 4.98 Å². The molecule has 2 heteroatoms. The van der Waals surface area contributed by atoms with Crippen molar-refractivity contribution in [3.8, 4) is 0 Å². The molecule has 0 bridgehead atoms. The molecule has 0 aliphatic carbocycles. The summed E-state index contributed by atoms with van der Waals surface area (Å²) in [6.45, 7) is 2.08. The van der Waals surface area contributed by atoms with Crippen LogP contribution in [0.25, 0.3) is 10.9 Å². The predicted molar refractivity (Wildman–Crippen MR) is 83.4 cm³/mol.